The van der Waals surface area contributed by atoms with Crippen LogP contribution in [0.15, 0.2) is 18.2 Å². The summed E-state index contributed by atoms with van der Waals surface area (Å²) >= 11 is 0. The van der Waals surface area contributed by atoms with Crippen molar-refractivity contribution in [3.8, 4) is 5.75 Å². The summed E-state index contributed by atoms with van der Waals surface area (Å²) in [5.41, 5.74) is 1.73. The summed E-state index contributed by atoms with van der Waals surface area (Å²) in [5, 5.41) is 6.27. The lowest BCUT2D eigenvalue weighted by molar-refractivity contribution is 0.0927. The summed E-state index contributed by atoms with van der Waals surface area (Å²) in [6.07, 6.45) is 5.96. The second-order valence-corrected chi connectivity index (χ2v) is 6.36. The molecule has 1 amide bonds. The molecule has 1 saturated heterocycles. The monoisotopic (exact) mass is 334 g/mol. The van der Waals surface area contributed by atoms with Gasteiger partial charge in [-0.2, -0.15) is 0 Å². The lowest BCUT2D eigenvalue weighted by Gasteiger charge is -2.22. The van der Waals surface area contributed by atoms with Crippen molar-refractivity contribution in [1.29, 1.82) is 0 Å². The average molecular weight is 334 g/mol. The van der Waals surface area contributed by atoms with Gasteiger partial charge in [-0.15, -0.1) is 0 Å². The minimum absolute atomic E-state index is 0.0141. The molecular weight excluding hydrogens is 304 g/mol. The Balaban J connectivity index is 0.000000292. The highest BCUT2D eigenvalue weighted by Gasteiger charge is 2.17. The van der Waals surface area contributed by atoms with E-state index >= 15 is 0 Å². The normalized spacial score (nSPS) is 18.2. The molecule has 2 fully saturated rings. The van der Waals surface area contributed by atoms with Gasteiger partial charge in [0.15, 0.2) is 0 Å². The summed E-state index contributed by atoms with van der Waals surface area (Å²) in [5.74, 6) is 0.784. The summed E-state index contributed by atoms with van der Waals surface area (Å²) in [7, 11) is 1.63. The minimum Gasteiger partial charge on any atom is -0.496 e. The van der Waals surface area contributed by atoms with Gasteiger partial charge in [0.25, 0.3) is 5.91 Å². The van der Waals surface area contributed by atoms with Gasteiger partial charge in [-0.25, -0.2) is 0 Å². The molecule has 0 unspecified atom stereocenters. The minimum atomic E-state index is 0.0141. The maximum absolute atomic E-state index is 12.1. The number of benzene rings is 1. The molecule has 1 aromatic carbocycles. The molecule has 0 aromatic heterocycles. The molecule has 1 aliphatic heterocycles. The fourth-order valence-electron chi connectivity index (χ4n) is 2.99. The average Bonchev–Trinajstić information content (AvgIpc) is 2.65. The molecule has 2 N–H and O–H groups in total. The van der Waals surface area contributed by atoms with E-state index < -0.39 is 0 Å². The molecule has 1 aromatic rings. The first-order chi connectivity index (χ1) is 11.7. The van der Waals surface area contributed by atoms with E-state index in [-0.39, 0.29) is 5.91 Å². The number of nitrogens with one attached hydrogen (secondary N) is 2. The molecule has 1 aliphatic carbocycles. The molecule has 1 heterocycles. The number of hydrogen-bond acceptors (Lipinski definition) is 4. The highest BCUT2D eigenvalue weighted by molar-refractivity contribution is 5.94. The largest absolute Gasteiger partial charge is 0.496 e. The van der Waals surface area contributed by atoms with Gasteiger partial charge in [0, 0.05) is 24.7 Å². The highest BCUT2D eigenvalue weighted by atomic mass is 16.5. The van der Waals surface area contributed by atoms with Crippen molar-refractivity contribution >= 4 is 5.91 Å². The van der Waals surface area contributed by atoms with E-state index in [0.29, 0.717) is 11.6 Å². The number of rotatable bonds is 3. The van der Waals surface area contributed by atoms with Gasteiger partial charge in [-0.05, 0) is 37.5 Å². The third-order valence-electron chi connectivity index (χ3n) is 4.46. The van der Waals surface area contributed by atoms with E-state index in [0.717, 1.165) is 50.5 Å². The number of ether oxygens (including phenoxy) is 2. The van der Waals surface area contributed by atoms with Crippen LogP contribution < -0.4 is 15.4 Å². The fraction of sp³-hybridized carbons (Fsp3) is 0.632. The molecule has 3 rings (SSSR count). The Morgan fingerprint density at radius 2 is 1.92 bits per heavy atom. The van der Waals surface area contributed by atoms with Gasteiger partial charge in [0.2, 0.25) is 0 Å². The Bertz CT molecular complexity index is 498. The zero-order valence-electron chi connectivity index (χ0n) is 14.9. The van der Waals surface area contributed by atoms with Crippen molar-refractivity contribution in [3.05, 3.63) is 29.3 Å². The lowest BCUT2D eigenvalue weighted by atomic mass is 9.95. The first kappa shape index (κ1) is 18.7. The molecular formula is C19H30N2O3. The zero-order chi connectivity index (χ0) is 17.2. The molecule has 1 saturated carbocycles. The van der Waals surface area contributed by atoms with Crippen LogP contribution in [0.5, 0.6) is 5.75 Å². The zero-order valence-corrected chi connectivity index (χ0v) is 14.9. The van der Waals surface area contributed by atoms with Gasteiger partial charge in [-0.3, -0.25) is 4.79 Å². The smallest absolute Gasteiger partial charge is 0.251 e. The number of aryl methyl sites for hydroxylation is 1. The summed E-state index contributed by atoms with van der Waals surface area (Å²) in [4.78, 5) is 12.1. The number of carbonyl (C=O) groups excluding carboxylic acids is 1. The van der Waals surface area contributed by atoms with Crippen LogP contribution in [-0.4, -0.2) is 45.4 Å². The molecule has 0 radical (unpaired) electrons. The van der Waals surface area contributed by atoms with Crippen molar-refractivity contribution in [2.75, 3.05) is 33.4 Å². The second-order valence-electron chi connectivity index (χ2n) is 6.36. The predicted molar refractivity (Wildman–Crippen MR) is 95.8 cm³/mol. The predicted octanol–water partition coefficient (Wildman–Crippen LogP) is 2.67. The summed E-state index contributed by atoms with van der Waals surface area (Å²) in [6, 6.07) is 5.94. The highest BCUT2D eigenvalue weighted by Crippen LogP contribution is 2.21. The van der Waals surface area contributed by atoms with Gasteiger partial charge >= 0.3 is 0 Å². The van der Waals surface area contributed by atoms with Crippen LogP contribution in [0.4, 0.5) is 0 Å². The maximum Gasteiger partial charge on any atom is 0.251 e. The van der Waals surface area contributed by atoms with Crippen LogP contribution >= 0.6 is 0 Å². The quantitative estimate of drug-likeness (QED) is 0.892. The van der Waals surface area contributed by atoms with E-state index in [1.54, 1.807) is 7.11 Å². The third-order valence-corrected chi connectivity index (χ3v) is 4.46. The maximum atomic E-state index is 12.1. The second kappa shape index (κ2) is 10.3. The van der Waals surface area contributed by atoms with Crippen LogP contribution in [0, 0.1) is 6.92 Å². The topological polar surface area (TPSA) is 59.6 Å². The van der Waals surface area contributed by atoms with Gasteiger partial charge in [0.05, 0.1) is 20.3 Å². The number of carbonyl (C=O) groups is 1. The molecule has 0 atom stereocenters. The summed E-state index contributed by atoms with van der Waals surface area (Å²) < 4.78 is 10.3. The standard InChI is InChI=1S/C15H21NO2.C4H9NO/c1-11-8-9-12(10-14(11)18-2)15(17)16-13-6-4-3-5-7-13;1-3-6-4-2-5-1/h8-10,13H,3-7H2,1-2H3,(H,16,17);5H,1-4H2. The van der Waals surface area contributed by atoms with E-state index in [9.17, 15) is 4.79 Å². The first-order valence-electron chi connectivity index (χ1n) is 8.94. The van der Waals surface area contributed by atoms with Crippen molar-refractivity contribution < 1.29 is 14.3 Å². The molecule has 134 valence electrons. The SMILES string of the molecule is C1COCCN1.COc1cc(C(=O)NC2CCCCC2)ccc1C. The van der Waals surface area contributed by atoms with Crippen LogP contribution in [0.1, 0.15) is 48.0 Å². The van der Waals surface area contributed by atoms with Crippen LogP contribution in [-0.2, 0) is 4.74 Å². The Hall–Kier alpha value is -1.59. The molecule has 24 heavy (non-hydrogen) atoms. The third kappa shape index (κ3) is 6.13. The Kier molecular flexibility index (Phi) is 8.05. The van der Waals surface area contributed by atoms with E-state index in [4.69, 9.17) is 9.47 Å². The Labute approximate surface area is 145 Å². The molecule has 0 spiro atoms. The first-order valence-corrected chi connectivity index (χ1v) is 8.94. The fourth-order valence-corrected chi connectivity index (χ4v) is 2.99. The Morgan fingerprint density at radius 1 is 1.21 bits per heavy atom. The van der Waals surface area contributed by atoms with Crippen molar-refractivity contribution in [2.24, 2.45) is 0 Å². The van der Waals surface area contributed by atoms with Crippen molar-refractivity contribution in [1.82, 2.24) is 10.6 Å². The van der Waals surface area contributed by atoms with E-state index in [2.05, 4.69) is 10.6 Å². The van der Waals surface area contributed by atoms with Crippen LogP contribution in [0.3, 0.4) is 0 Å². The molecule has 0 bridgehead atoms. The Morgan fingerprint density at radius 3 is 2.46 bits per heavy atom. The van der Waals surface area contributed by atoms with Crippen molar-refractivity contribution in [3.63, 3.8) is 0 Å². The number of methoxy groups -OCH3 is 1. The van der Waals surface area contributed by atoms with Crippen LogP contribution in [0.2, 0.25) is 0 Å². The molecule has 5 heteroatoms. The number of amides is 1. The van der Waals surface area contributed by atoms with Crippen LogP contribution in [0.25, 0.3) is 0 Å². The lowest BCUT2D eigenvalue weighted by Crippen LogP contribution is -2.36. The number of morpholine rings is 1. The van der Waals surface area contributed by atoms with Crippen molar-refractivity contribution in [2.45, 2.75) is 45.1 Å². The van der Waals surface area contributed by atoms with E-state index in [1.165, 1.54) is 19.3 Å². The molecule has 5 nitrogen and oxygen atoms in total. The van der Waals surface area contributed by atoms with Gasteiger partial charge in [0.1, 0.15) is 5.75 Å². The number of hydrogen-bond donors (Lipinski definition) is 2. The molecule has 2 aliphatic rings. The summed E-state index contributed by atoms with van der Waals surface area (Å²) in [6.45, 7) is 5.81. The van der Waals surface area contributed by atoms with E-state index in [1.807, 2.05) is 25.1 Å². The van der Waals surface area contributed by atoms with Gasteiger partial charge < -0.3 is 20.1 Å². The van der Waals surface area contributed by atoms with Gasteiger partial charge in [-0.1, -0.05) is 25.3 Å².